The standard InChI is InChI=1S/C15H23N3O2/c1-11(19)17-13-6-7-18(10-13)15(9-16)12-4-3-5-14(8-12)20-2/h3-5,8,13,15H,6-7,9-10,16H2,1-2H3,(H,17,19). The Bertz CT molecular complexity index is 464. The number of nitrogens with one attached hydrogen (secondary N) is 1. The quantitative estimate of drug-likeness (QED) is 0.839. The van der Waals surface area contributed by atoms with E-state index in [-0.39, 0.29) is 18.0 Å². The van der Waals surface area contributed by atoms with E-state index in [2.05, 4.69) is 16.3 Å². The molecule has 5 nitrogen and oxygen atoms in total. The van der Waals surface area contributed by atoms with Crippen molar-refractivity contribution in [3.63, 3.8) is 0 Å². The number of carbonyl (C=O) groups is 1. The van der Waals surface area contributed by atoms with Gasteiger partial charge in [0.05, 0.1) is 7.11 Å². The Morgan fingerprint density at radius 1 is 1.60 bits per heavy atom. The number of benzene rings is 1. The molecule has 5 heteroatoms. The van der Waals surface area contributed by atoms with Gasteiger partial charge in [0.25, 0.3) is 0 Å². The molecule has 1 aliphatic heterocycles. The fourth-order valence-electron chi connectivity index (χ4n) is 2.82. The Kier molecular flexibility index (Phi) is 4.98. The van der Waals surface area contributed by atoms with Crippen LogP contribution in [0.25, 0.3) is 0 Å². The minimum Gasteiger partial charge on any atom is -0.497 e. The third-order valence-corrected chi connectivity index (χ3v) is 3.77. The summed E-state index contributed by atoms with van der Waals surface area (Å²) >= 11 is 0. The van der Waals surface area contributed by atoms with Gasteiger partial charge in [-0.3, -0.25) is 9.69 Å². The number of hydrogen-bond acceptors (Lipinski definition) is 4. The molecule has 0 radical (unpaired) electrons. The maximum Gasteiger partial charge on any atom is 0.217 e. The molecule has 2 unspecified atom stereocenters. The fraction of sp³-hybridized carbons (Fsp3) is 0.533. The second-order valence-corrected chi connectivity index (χ2v) is 5.21. The summed E-state index contributed by atoms with van der Waals surface area (Å²) < 4.78 is 5.27. The molecule has 1 aromatic rings. The average Bonchev–Trinajstić information content (AvgIpc) is 2.87. The lowest BCUT2D eigenvalue weighted by Gasteiger charge is -2.27. The molecule has 0 aromatic heterocycles. The zero-order valence-electron chi connectivity index (χ0n) is 12.1. The summed E-state index contributed by atoms with van der Waals surface area (Å²) in [5, 5.41) is 2.98. The van der Waals surface area contributed by atoms with Crippen molar-refractivity contribution in [2.24, 2.45) is 5.73 Å². The van der Waals surface area contributed by atoms with Gasteiger partial charge in [-0.15, -0.1) is 0 Å². The van der Waals surface area contributed by atoms with Crippen LogP contribution in [0.15, 0.2) is 24.3 Å². The number of methoxy groups -OCH3 is 1. The number of rotatable bonds is 5. The van der Waals surface area contributed by atoms with E-state index < -0.39 is 0 Å². The van der Waals surface area contributed by atoms with Crippen LogP contribution in [0.4, 0.5) is 0 Å². The van der Waals surface area contributed by atoms with Gasteiger partial charge in [0.1, 0.15) is 5.75 Å². The number of likely N-dealkylation sites (tertiary alicyclic amines) is 1. The van der Waals surface area contributed by atoms with Crippen LogP contribution in [0.1, 0.15) is 24.9 Å². The van der Waals surface area contributed by atoms with E-state index in [0.29, 0.717) is 6.54 Å². The first-order valence-corrected chi connectivity index (χ1v) is 6.99. The number of ether oxygens (including phenoxy) is 1. The van der Waals surface area contributed by atoms with Crippen LogP contribution in [-0.4, -0.2) is 43.6 Å². The van der Waals surface area contributed by atoms with E-state index >= 15 is 0 Å². The van der Waals surface area contributed by atoms with Gasteiger partial charge in [-0.05, 0) is 24.1 Å². The summed E-state index contributed by atoms with van der Waals surface area (Å²) in [5.41, 5.74) is 7.12. The molecule has 1 amide bonds. The van der Waals surface area contributed by atoms with Crippen molar-refractivity contribution in [3.8, 4) is 5.75 Å². The van der Waals surface area contributed by atoms with E-state index in [1.54, 1.807) is 14.0 Å². The normalized spacial score (nSPS) is 20.6. The molecule has 1 heterocycles. The maximum absolute atomic E-state index is 11.1. The predicted molar refractivity (Wildman–Crippen MR) is 78.6 cm³/mol. The van der Waals surface area contributed by atoms with Crippen molar-refractivity contribution in [1.82, 2.24) is 10.2 Å². The Hall–Kier alpha value is -1.59. The van der Waals surface area contributed by atoms with Crippen molar-refractivity contribution in [2.75, 3.05) is 26.7 Å². The van der Waals surface area contributed by atoms with Crippen molar-refractivity contribution in [1.29, 1.82) is 0 Å². The molecule has 2 atom stereocenters. The van der Waals surface area contributed by atoms with Gasteiger partial charge in [-0.25, -0.2) is 0 Å². The molecule has 2 rings (SSSR count). The molecule has 20 heavy (non-hydrogen) atoms. The molecule has 110 valence electrons. The summed E-state index contributed by atoms with van der Waals surface area (Å²) in [5.74, 6) is 0.876. The first-order chi connectivity index (χ1) is 9.63. The van der Waals surface area contributed by atoms with Crippen LogP contribution in [0.5, 0.6) is 5.75 Å². The summed E-state index contributed by atoms with van der Waals surface area (Å²) in [6.45, 7) is 3.91. The van der Waals surface area contributed by atoms with Crippen molar-refractivity contribution in [2.45, 2.75) is 25.4 Å². The third kappa shape index (κ3) is 3.49. The SMILES string of the molecule is COc1cccc(C(CN)N2CCC(NC(C)=O)C2)c1. The molecular weight excluding hydrogens is 254 g/mol. The van der Waals surface area contributed by atoms with Crippen molar-refractivity contribution < 1.29 is 9.53 Å². The van der Waals surface area contributed by atoms with Crippen LogP contribution >= 0.6 is 0 Å². The van der Waals surface area contributed by atoms with Gasteiger partial charge in [0.2, 0.25) is 5.91 Å². The summed E-state index contributed by atoms with van der Waals surface area (Å²) in [7, 11) is 1.67. The highest BCUT2D eigenvalue weighted by molar-refractivity contribution is 5.73. The van der Waals surface area contributed by atoms with Gasteiger partial charge >= 0.3 is 0 Å². The van der Waals surface area contributed by atoms with Gasteiger partial charge in [0.15, 0.2) is 0 Å². The highest BCUT2D eigenvalue weighted by Gasteiger charge is 2.28. The second kappa shape index (κ2) is 6.72. The van der Waals surface area contributed by atoms with Crippen LogP contribution in [-0.2, 0) is 4.79 Å². The van der Waals surface area contributed by atoms with Crippen LogP contribution in [0, 0.1) is 0 Å². The first-order valence-electron chi connectivity index (χ1n) is 6.99. The van der Waals surface area contributed by atoms with Crippen LogP contribution < -0.4 is 15.8 Å². The van der Waals surface area contributed by atoms with Crippen molar-refractivity contribution >= 4 is 5.91 Å². The molecule has 0 bridgehead atoms. The summed E-state index contributed by atoms with van der Waals surface area (Å²) in [6.07, 6.45) is 0.972. The number of nitrogens with zero attached hydrogens (tertiary/aromatic N) is 1. The second-order valence-electron chi connectivity index (χ2n) is 5.21. The highest BCUT2D eigenvalue weighted by atomic mass is 16.5. The molecular formula is C15H23N3O2. The predicted octanol–water partition coefficient (Wildman–Crippen LogP) is 0.905. The first kappa shape index (κ1) is 14.8. The minimum absolute atomic E-state index is 0.0301. The summed E-state index contributed by atoms with van der Waals surface area (Å²) in [4.78, 5) is 13.5. The van der Waals surface area contributed by atoms with E-state index in [1.165, 1.54) is 0 Å². The molecule has 0 aliphatic carbocycles. The molecule has 0 saturated carbocycles. The highest BCUT2D eigenvalue weighted by Crippen LogP contribution is 2.26. The lowest BCUT2D eigenvalue weighted by Crippen LogP contribution is -2.38. The average molecular weight is 277 g/mol. The molecule has 3 N–H and O–H groups in total. The fourth-order valence-corrected chi connectivity index (χ4v) is 2.82. The van der Waals surface area contributed by atoms with Crippen LogP contribution in [0.2, 0.25) is 0 Å². The lowest BCUT2D eigenvalue weighted by molar-refractivity contribution is -0.119. The number of amides is 1. The van der Waals surface area contributed by atoms with E-state index in [0.717, 1.165) is 30.8 Å². The number of carbonyl (C=O) groups excluding carboxylic acids is 1. The lowest BCUT2D eigenvalue weighted by atomic mass is 10.1. The van der Waals surface area contributed by atoms with E-state index in [1.807, 2.05) is 18.2 Å². The zero-order chi connectivity index (χ0) is 14.5. The molecule has 1 aromatic carbocycles. The molecule has 1 fully saturated rings. The largest absolute Gasteiger partial charge is 0.497 e. The van der Waals surface area contributed by atoms with Crippen LogP contribution in [0.3, 0.4) is 0 Å². The van der Waals surface area contributed by atoms with E-state index in [4.69, 9.17) is 10.5 Å². The smallest absolute Gasteiger partial charge is 0.217 e. The Balaban J connectivity index is 2.07. The Labute approximate surface area is 120 Å². The number of nitrogens with two attached hydrogens (primary N) is 1. The third-order valence-electron chi connectivity index (χ3n) is 3.77. The maximum atomic E-state index is 11.1. The Morgan fingerprint density at radius 3 is 3.05 bits per heavy atom. The van der Waals surface area contributed by atoms with Gasteiger partial charge < -0.3 is 15.8 Å². The number of hydrogen-bond donors (Lipinski definition) is 2. The minimum atomic E-state index is 0.0301. The zero-order valence-corrected chi connectivity index (χ0v) is 12.1. The van der Waals surface area contributed by atoms with Crippen molar-refractivity contribution in [3.05, 3.63) is 29.8 Å². The topological polar surface area (TPSA) is 67.6 Å². The monoisotopic (exact) mass is 277 g/mol. The molecule has 1 saturated heterocycles. The van der Waals surface area contributed by atoms with Gasteiger partial charge in [0, 0.05) is 38.6 Å². The summed E-state index contributed by atoms with van der Waals surface area (Å²) in [6, 6.07) is 8.42. The molecule has 1 aliphatic rings. The van der Waals surface area contributed by atoms with Gasteiger partial charge in [-0.2, -0.15) is 0 Å². The van der Waals surface area contributed by atoms with E-state index in [9.17, 15) is 4.79 Å². The molecule has 0 spiro atoms. The van der Waals surface area contributed by atoms with Gasteiger partial charge in [-0.1, -0.05) is 12.1 Å². The Morgan fingerprint density at radius 2 is 2.40 bits per heavy atom.